The van der Waals surface area contributed by atoms with E-state index in [9.17, 15) is 4.79 Å². The first-order valence-electron chi connectivity index (χ1n) is 4.86. The molecule has 18 heavy (non-hydrogen) atoms. The first-order valence-corrected chi connectivity index (χ1v) is 6.44. The molecule has 0 aliphatic rings. The summed E-state index contributed by atoms with van der Waals surface area (Å²) in [4.78, 5) is 11.9. The van der Waals surface area contributed by atoms with Crippen molar-refractivity contribution in [2.24, 2.45) is 0 Å². The highest BCUT2D eigenvalue weighted by molar-refractivity contribution is 9.10. The second-order valence-electron chi connectivity index (χ2n) is 3.37. The van der Waals surface area contributed by atoms with Gasteiger partial charge in [0, 0.05) is 4.47 Å². The lowest BCUT2D eigenvalue weighted by Gasteiger charge is -2.06. The lowest BCUT2D eigenvalue weighted by Crippen LogP contribution is -2.11. The number of nitrogens with one attached hydrogen (secondary N) is 1. The number of amides is 1. The zero-order chi connectivity index (χ0) is 13.1. The van der Waals surface area contributed by atoms with Gasteiger partial charge in [-0.25, -0.2) is 0 Å². The number of anilines is 1. The normalized spacial score (nSPS) is 9.83. The molecule has 0 spiro atoms. The molecule has 0 saturated heterocycles. The predicted molar refractivity (Wildman–Crippen MR) is 73.2 cm³/mol. The minimum Gasteiger partial charge on any atom is -0.457 e. The van der Waals surface area contributed by atoms with Gasteiger partial charge in [0.05, 0.1) is 29.1 Å². The van der Waals surface area contributed by atoms with Crippen LogP contribution >= 0.6 is 31.9 Å². The number of furan rings is 1. The molecule has 2 rings (SSSR count). The zero-order valence-electron chi connectivity index (χ0n) is 8.91. The Balaban J connectivity index is 2.23. The van der Waals surface area contributed by atoms with Crippen LogP contribution in [0.5, 0.6) is 0 Å². The van der Waals surface area contributed by atoms with Gasteiger partial charge in [-0.1, -0.05) is 0 Å². The Hall–Kier alpha value is -1.58. The quantitative estimate of drug-likeness (QED) is 0.872. The van der Waals surface area contributed by atoms with Gasteiger partial charge in [-0.3, -0.25) is 4.79 Å². The fourth-order valence-electron chi connectivity index (χ4n) is 1.33. The summed E-state index contributed by atoms with van der Waals surface area (Å²) >= 11 is 6.44. The molecule has 0 atom stereocenters. The third-order valence-electron chi connectivity index (χ3n) is 2.21. The van der Waals surface area contributed by atoms with Gasteiger partial charge in [-0.15, -0.1) is 0 Å². The minimum absolute atomic E-state index is 0.291. The number of hydrogen-bond donors (Lipinski definition) is 1. The van der Waals surface area contributed by atoms with Crippen LogP contribution < -0.4 is 5.32 Å². The molecule has 6 heteroatoms. The molecule has 0 radical (unpaired) electrons. The number of halogens is 2. The van der Waals surface area contributed by atoms with Gasteiger partial charge >= 0.3 is 0 Å². The average Bonchev–Trinajstić information content (AvgIpc) is 2.78. The highest BCUT2D eigenvalue weighted by Crippen LogP contribution is 2.25. The predicted octanol–water partition coefficient (Wildman–Crippen LogP) is 3.93. The summed E-state index contributed by atoms with van der Waals surface area (Å²) in [7, 11) is 0. The summed E-state index contributed by atoms with van der Waals surface area (Å²) in [6.45, 7) is 0. The van der Waals surface area contributed by atoms with Crippen molar-refractivity contribution in [2.45, 2.75) is 0 Å². The number of rotatable bonds is 2. The van der Waals surface area contributed by atoms with Crippen LogP contribution in [-0.4, -0.2) is 5.91 Å². The zero-order valence-corrected chi connectivity index (χ0v) is 12.1. The summed E-state index contributed by atoms with van der Waals surface area (Å²) in [5.74, 6) is -0.291. The Kier molecular flexibility index (Phi) is 3.84. The van der Waals surface area contributed by atoms with Crippen molar-refractivity contribution in [3.05, 3.63) is 50.8 Å². The van der Waals surface area contributed by atoms with E-state index in [2.05, 4.69) is 37.2 Å². The summed E-state index contributed by atoms with van der Waals surface area (Å²) < 4.78 is 6.02. The Morgan fingerprint density at radius 1 is 1.33 bits per heavy atom. The van der Waals surface area contributed by atoms with E-state index in [1.54, 1.807) is 24.3 Å². The molecule has 4 nitrogen and oxygen atoms in total. The lowest BCUT2D eigenvalue weighted by atomic mass is 10.2. The standard InChI is InChI=1S/C12H6Br2N2O2/c13-9-5-7(6-15)1-2-10(9)16-12(17)8-3-4-18-11(8)14/h1-5H,(H,16,17). The molecule has 0 fully saturated rings. The van der Waals surface area contributed by atoms with Crippen LogP contribution in [0.1, 0.15) is 15.9 Å². The van der Waals surface area contributed by atoms with Gasteiger partial charge in [-0.05, 0) is 56.1 Å². The molecule has 2 aromatic rings. The average molecular weight is 370 g/mol. The monoisotopic (exact) mass is 368 g/mol. The Bertz CT molecular complexity index is 644. The largest absolute Gasteiger partial charge is 0.457 e. The summed E-state index contributed by atoms with van der Waals surface area (Å²) in [6.07, 6.45) is 1.42. The topological polar surface area (TPSA) is 66.0 Å². The van der Waals surface area contributed by atoms with Gasteiger partial charge in [0.15, 0.2) is 4.67 Å². The van der Waals surface area contributed by atoms with E-state index in [-0.39, 0.29) is 5.91 Å². The van der Waals surface area contributed by atoms with E-state index in [4.69, 9.17) is 9.68 Å². The van der Waals surface area contributed by atoms with E-state index < -0.39 is 0 Å². The molecule has 0 aliphatic carbocycles. The highest BCUT2D eigenvalue weighted by Gasteiger charge is 2.14. The molecule has 1 aromatic heterocycles. The number of nitriles is 1. The van der Waals surface area contributed by atoms with Crippen molar-refractivity contribution in [1.82, 2.24) is 0 Å². The smallest absolute Gasteiger partial charge is 0.260 e. The fourth-order valence-corrected chi connectivity index (χ4v) is 2.23. The molecule has 0 unspecified atom stereocenters. The molecule has 0 aliphatic heterocycles. The highest BCUT2D eigenvalue weighted by atomic mass is 79.9. The van der Waals surface area contributed by atoms with Crippen molar-refractivity contribution >= 4 is 43.5 Å². The van der Waals surface area contributed by atoms with Crippen molar-refractivity contribution < 1.29 is 9.21 Å². The minimum atomic E-state index is -0.291. The number of carbonyl (C=O) groups excluding carboxylic acids is 1. The molecule has 0 saturated carbocycles. The maximum Gasteiger partial charge on any atom is 0.260 e. The molecule has 1 aromatic carbocycles. The van der Waals surface area contributed by atoms with Crippen LogP contribution in [0.3, 0.4) is 0 Å². The number of benzene rings is 1. The van der Waals surface area contributed by atoms with Gasteiger partial charge in [-0.2, -0.15) is 5.26 Å². The van der Waals surface area contributed by atoms with Crippen molar-refractivity contribution in [3.8, 4) is 6.07 Å². The number of carbonyl (C=O) groups is 1. The summed E-state index contributed by atoms with van der Waals surface area (Å²) in [6, 6.07) is 8.52. The van der Waals surface area contributed by atoms with Gasteiger partial charge in [0.25, 0.3) is 5.91 Å². The SMILES string of the molecule is N#Cc1ccc(NC(=O)c2ccoc2Br)c(Br)c1. The second-order valence-corrected chi connectivity index (χ2v) is 4.94. The molecular formula is C12H6Br2N2O2. The first kappa shape index (κ1) is 12.9. The van der Waals surface area contributed by atoms with E-state index in [0.29, 0.717) is 26.0 Å². The Morgan fingerprint density at radius 3 is 2.67 bits per heavy atom. The maximum atomic E-state index is 11.9. The molecule has 1 heterocycles. The van der Waals surface area contributed by atoms with Crippen LogP contribution in [-0.2, 0) is 0 Å². The molecule has 0 bridgehead atoms. The van der Waals surface area contributed by atoms with Crippen LogP contribution in [0.15, 0.2) is 44.1 Å². The molecule has 90 valence electrons. The number of nitrogens with zero attached hydrogens (tertiary/aromatic N) is 1. The first-order chi connectivity index (χ1) is 8.61. The Labute approximate surface area is 120 Å². The van der Waals surface area contributed by atoms with E-state index >= 15 is 0 Å². The van der Waals surface area contributed by atoms with E-state index in [1.165, 1.54) is 6.26 Å². The Morgan fingerprint density at radius 2 is 2.11 bits per heavy atom. The van der Waals surface area contributed by atoms with Crippen molar-refractivity contribution in [3.63, 3.8) is 0 Å². The second kappa shape index (κ2) is 5.38. The summed E-state index contributed by atoms with van der Waals surface area (Å²) in [5, 5.41) is 11.5. The number of hydrogen-bond acceptors (Lipinski definition) is 3. The van der Waals surface area contributed by atoms with Gasteiger partial charge in [0.2, 0.25) is 0 Å². The van der Waals surface area contributed by atoms with Crippen LogP contribution in [0.25, 0.3) is 0 Å². The van der Waals surface area contributed by atoms with Crippen LogP contribution in [0.4, 0.5) is 5.69 Å². The van der Waals surface area contributed by atoms with E-state index in [1.807, 2.05) is 6.07 Å². The molecule has 1 N–H and O–H groups in total. The van der Waals surface area contributed by atoms with Crippen LogP contribution in [0, 0.1) is 11.3 Å². The third kappa shape index (κ3) is 2.63. The maximum absolute atomic E-state index is 11.9. The molecular weight excluding hydrogens is 364 g/mol. The van der Waals surface area contributed by atoms with Crippen molar-refractivity contribution in [1.29, 1.82) is 5.26 Å². The summed E-state index contributed by atoms with van der Waals surface area (Å²) in [5.41, 5.74) is 1.52. The third-order valence-corrected chi connectivity index (χ3v) is 3.48. The fraction of sp³-hybridized carbons (Fsp3) is 0. The molecule has 1 amide bonds. The van der Waals surface area contributed by atoms with Gasteiger partial charge < -0.3 is 9.73 Å². The van der Waals surface area contributed by atoms with Crippen molar-refractivity contribution in [2.75, 3.05) is 5.32 Å². The van der Waals surface area contributed by atoms with Gasteiger partial charge in [0.1, 0.15) is 0 Å². The lowest BCUT2D eigenvalue weighted by molar-refractivity contribution is 0.102. The van der Waals surface area contributed by atoms with E-state index in [0.717, 1.165) is 0 Å². The van der Waals surface area contributed by atoms with Crippen LogP contribution in [0.2, 0.25) is 0 Å².